The van der Waals surface area contributed by atoms with Crippen LogP contribution in [0.25, 0.3) is 5.82 Å². The molecule has 0 bridgehead atoms. The number of benzene rings is 1. The van der Waals surface area contributed by atoms with Crippen LogP contribution < -0.4 is 5.69 Å². The van der Waals surface area contributed by atoms with Gasteiger partial charge in [0.1, 0.15) is 5.82 Å². The first kappa shape index (κ1) is 16.6. The van der Waals surface area contributed by atoms with Gasteiger partial charge in [-0.1, -0.05) is 41.1 Å². The summed E-state index contributed by atoms with van der Waals surface area (Å²) in [5, 5.41) is 4.50. The quantitative estimate of drug-likeness (QED) is 0.674. The van der Waals surface area contributed by atoms with Gasteiger partial charge in [0.2, 0.25) is 0 Å². The van der Waals surface area contributed by atoms with Crippen molar-refractivity contribution in [3.8, 4) is 5.82 Å². The van der Waals surface area contributed by atoms with E-state index < -0.39 is 0 Å². The summed E-state index contributed by atoms with van der Waals surface area (Å²) >= 11 is 3.51. The normalized spacial score (nSPS) is 11.0. The molecular formula is C18H19BrN4O. The van der Waals surface area contributed by atoms with Crippen molar-refractivity contribution >= 4 is 15.9 Å². The Kier molecular flexibility index (Phi) is 4.94. The van der Waals surface area contributed by atoms with E-state index in [-0.39, 0.29) is 5.69 Å². The molecule has 0 atom stereocenters. The predicted molar refractivity (Wildman–Crippen MR) is 97.6 cm³/mol. The Labute approximate surface area is 149 Å². The van der Waals surface area contributed by atoms with E-state index in [1.165, 1.54) is 4.68 Å². The summed E-state index contributed by atoms with van der Waals surface area (Å²) in [4.78, 5) is 17.1. The van der Waals surface area contributed by atoms with Crippen molar-refractivity contribution in [1.82, 2.24) is 19.3 Å². The highest BCUT2D eigenvalue weighted by Gasteiger charge is 2.15. The second-order valence-corrected chi connectivity index (χ2v) is 6.57. The highest BCUT2D eigenvalue weighted by molar-refractivity contribution is 9.10. The number of nitrogens with zero attached hydrogens (tertiary/aromatic N) is 4. The van der Waals surface area contributed by atoms with Crippen LogP contribution in [0.4, 0.5) is 0 Å². The van der Waals surface area contributed by atoms with E-state index in [9.17, 15) is 4.79 Å². The van der Waals surface area contributed by atoms with Crippen LogP contribution in [0.2, 0.25) is 0 Å². The maximum Gasteiger partial charge on any atom is 0.352 e. The van der Waals surface area contributed by atoms with Crippen LogP contribution in [0.1, 0.15) is 30.3 Å². The molecule has 0 N–H and O–H groups in total. The van der Waals surface area contributed by atoms with Crippen LogP contribution in [0.15, 0.2) is 51.9 Å². The lowest BCUT2D eigenvalue weighted by molar-refractivity contribution is 0.686. The lowest BCUT2D eigenvalue weighted by Crippen LogP contribution is -2.25. The highest BCUT2D eigenvalue weighted by atomic mass is 79.9. The third-order valence-electron chi connectivity index (χ3n) is 3.84. The van der Waals surface area contributed by atoms with Gasteiger partial charge in [0, 0.05) is 17.1 Å². The van der Waals surface area contributed by atoms with Gasteiger partial charge in [0.15, 0.2) is 5.82 Å². The molecule has 0 aliphatic heterocycles. The van der Waals surface area contributed by atoms with Crippen molar-refractivity contribution in [2.24, 2.45) is 0 Å². The number of aromatic nitrogens is 4. The first-order chi connectivity index (χ1) is 11.6. The summed E-state index contributed by atoms with van der Waals surface area (Å²) < 4.78 is 4.19. The van der Waals surface area contributed by atoms with Crippen LogP contribution in [0.5, 0.6) is 0 Å². The topological polar surface area (TPSA) is 52.7 Å². The van der Waals surface area contributed by atoms with Crippen LogP contribution in [-0.4, -0.2) is 19.3 Å². The Morgan fingerprint density at radius 1 is 1.21 bits per heavy atom. The molecular weight excluding hydrogens is 368 g/mol. The van der Waals surface area contributed by atoms with E-state index in [1.807, 2.05) is 31.2 Å². The van der Waals surface area contributed by atoms with Gasteiger partial charge in [0.25, 0.3) is 0 Å². The van der Waals surface area contributed by atoms with Crippen LogP contribution >= 0.6 is 15.9 Å². The summed E-state index contributed by atoms with van der Waals surface area (Å²) in [6.07, 6.45) is 3.35. The Balaban J connectivity index is 2.04. The molecule has 2 aromatic heterocycles. The first-order valence-corrected chi connectivity index (χ1v) is 8.74. The Morgan fingerprint density at radius 2 is 2.04 bits per heavy atom. The minimum Gasteiger partial charge on any atom is -0.274 e. The van der Waals surface area contributed by atoms with E-state index in [0.717, 1.165) is 34.3 Å². The highest BCUT2D eigenvalue weighted by Crippen LogP contribution is 2.18. The summed E-state index contributed by atoms with van der Waals surface area (Å²) in [5.74, 6) is 1.33. The first-order valence-electron chi connectivity index (χ1n) is 7.95. The average molecular weight is 387 g/mol. The van der Waals surface area contributed by atoms with Crippen LogP contribution in [-0.2, 0) is 13.0 Å². The van der Waals surface area contributed by atoms with Crippen molar-refractivity contribution < 1.29 is 0 Å². The molecule has 24 heavy (non-hydrogen) atoms. The second kappa shape index (κ2) is 7.13. The van der Waals surface area contributed by atoms with Crippen molar-refractivity contribution in [3.05, 3.63) is 74.5 Å². The summed E-state index contributed by atoms with van der Waals surface area (Å²) in [6, 6.07) is 11.6. The molecule has 124 valence electrons. The average Bonchev–Trinajstić information content (AvgIpc) is 2.89. The van der Waals surface area contributed by atoms with Gasteiger partial charge < -0.3 is 0 Å². The Bertz CT molecular complexity index is 899. The zero-order chi connectivity index (χ0) is 17.1. The molecule has 0 amide bonds. The third kappa shape index (κ3) is 3.33. The lowest BCUT2D eigenvalue weighted by atomic mass is 10.1. The summed E-state index contributed by atoms with van der Waals surface area (Å²) in [7, 11) is 0. The fourth-order valence-electron chi connectivity index (χ4n) is 2.62. The van der Waals surface area contributed by atoms with Gasteiger partial charge in [0.05, 0.1) is 6.54 Å². The number of aryl methyl sites for hydroxylation is 2. The van der Waals surface area contributed by atoms with Crippen molar-refractivity contribution in [2.75, 3.05) is 0 Å². The molecule has 0 fully saturated rings. The fraction of sp³-hybridized carbons (Fsp3) is 0.278. The standard InChI is InChI=1S/C18H19BrN4O/c1-3-6-17-21-23(16-7-4-5-10-20-16)18(24)22(17)12-14-8-9-15(19)13(2)11-14/h4-5,7-11H,3,6,12H2,1-2H3. The summed E-state index contributed by atoms with van der Waals surface area (Å²) in [5.41, 5.74) is 2.07. The smallest absolute Gasteiger partial charge is 0.274 e. The van der Waals surface area contributed by atoms with Gasteiger partial charge in [-0.3, -0.25) is 4.57 Å². The second-order valence-electron chi connectivity index (χ2n) is 5.72. The molecule has 6 heteroatoms. The monoisotopic (exact) mass is 386 g/mol. The minimum absolute atomic E-state index is 0.155. The number of pyridine rings is 1. The van der Waals surface area contributed by atoms with Gasteiger partial charge in [-0.25, -0.2) is 9.78 Å². The van der Waals surface area contributed by atoms with Crippen molar-refractivity contribution in [3.63, 3.8) is 0 Å². The zero-order valence-corrected chi connectivity index (χ0v) is 15.3. The van der Waals surface area contributed by atoms with Crippen molar-refractivity contribution in [1.29, 1.82) is 0 Å². The molecule has 1 aromatic carbocycles. The molecule has 0 aliphatic rings. The largest absolute Gasteiger partial charge is 0.352 e. The third-order valence-corrected chi connectivity index (χ3v) is 4.73. The van der Waals surface area contributed by atoms with Crippen molar-refractivity contribution in [2.45, 2.75) is 33.2 Å². The van der Waals surface area contributed by atoms with Gasteiger partial charge in [-0.2, -0.15) is 4.68 Å². The minimum atomic E-state index is -0.155. The lowest BCUT2D eigenvalue weighted by Gasteiger charge is -2.07. The fourth-order valence-corrected chi connectivity index (χ4v) is 2.87. The van der Waals surface area contributed by atoms with Crippen LogP contribution in [0.3, 0.4) is 0 Å². The molecule has 2 heterocycles. The molecule has 0 saturated heterocycles. The number of hydrogen-bond donors (Lipinski definition) is 0. The molecule has 5 nitrogen and oxygen atoms in total. The van der Waals surface area contributed by atoms with E-state index in [1.54, 1.807) is 16.8 Å². The van der Waals surface area contributed by atoms with E-state index >= 15 is 0 Å². The van der Waals surface area contributed by atoms with Gasteiger partial charge in [-0.15, -0.1) is 5.10 Å². The van der Waals surface area contributed by atoms with Gasteiger partial charge >= 0.3 is 5.69 Å². The van der Waals surface area contributed by atoms with E-state index in [4.69, 9.17) is 0 Å². The maximum atomic E-state index is 12.8. The molecule has 3 rings (SSSR count). The Morgan fingerprint density at radius 3 is 2.71 bits per heavy atom. The molecule has 0 aliphatic carbocycles. The predicted octanol–water partition coefficient (Wildman–Crippen LogP) is 3.50. The molecule has 0 unspecified atom stereocenters. The number of halogens is 1. The maximum absolute atomic E-state index is 12.8. The number of hydrogen-bond acceptors (Lipinski definition) is 3. The number of rotatable bonds is 5. The van der Waals surface area contributed by atoms with Gasteiger partial charge in [-0.05, 0) is 42.7 Å². The SMILES string of the molecule is CCCc1nn(-c2ccccn2)c(=O)n1Cc1ccc(Br)c(C)c1. The molecule has 0 radical (unpaired) electrons. The molecule has 0 saturated carbocycles. The Hall–Kier alpha value is -2.21. The van der Waals surface area contributed by atoms with Crippen LogP contribution in [0, 0.1) is 6.92 Å². The van der Waals surface area contributed by atoms with E-state index in [0.29, 0.717) is 12.4 Å². The van der Waals surface area contributed by atoms with E-state index in [2.05, 4.69) is 39.0 Å². The zero-order valence-electron chi connectivity index (χ0n) is 13.7. The molecule has 3 aromatic rings. The summed E-state index contributed by atoms with van der Waals surface area (Å²) in [6.45, 7) is 4.63. The molecule has 0 spiro atoms.